The Bertz CT molecular complexity index is 766. The van der Waals surface area contributed by atoms with Crippen molar-refractivity contribution in [3.63, 3.8) is 0 Å². The Morgan fingerprint density at radius 3 is 2.69 bits per heavy atom. The van der Waals surface area contributed by atoms with Crippen LogP contribution in [0.25, 0.3) is 0 Å². The van der Waals surface area contributed by atoms with Gasteiger partial charge in [-0.05, 0) is 25.0 Å². The van der Waals surface area contributed by atoms with Gasteiger partial charge in [0.2, 0.25) is 0 Å². The first-order valence-electron chi connectivity index (χ1n) is 8.84. The third-order valence-corrected chi connectivity index (χ3v) is 4.48. The van der Waals surface area contributed by atoms with Crippen molar-refractivity contribution in [3.05, 3.63) is 52.3 Å². The zero-order chi connectivity index (χ0) is 18.4. The summed E-state index contributed by atoms with van der Waals surface area (Å²) in [6, 6.07) is 7.98. The van der Waals surface area contributed by atoms with Gasteiger partial charge >= 0.3 is 5.69 Å². The van der Waals surface area contributed by atoms with Gasteiger partial charge in [-0.3, -0.25) is 14.9 Å². The van der Waals surface area contributed by atoms with Crippen molar-refractivity contribution >= 4 is 11.6 Å². The minimum absolute atomic E-state index is 0.0123. The summed E-state index contributed by atoms with van der Waals surface area (Å²) in [7, 11) is 0. The second kappa shape index (κ2) is 8.46. The summed E-state index contributed by atoms with van der Waals surface area (Å²) >= 11 is 0. The number of carbonyl (C=O) groups is 1. The van der Waals surface area contributed by atoms with Gasteiger partial charge in [-0.15, -0.1) is 0 Å². The van der Waals surface area contributed by atoms with Gasteiger partial charge in [-0.1, -0.05) is 37.8 Å². The van der Waals surface area contributed by atoms with Crippen LogP contribution in [0.3, 0.4) is 0 Å². The molecule has 0 spiro atoms. The molecular weight excluding hydrogens is 336 g/mol. The summed E-state index contributed by atoms with van der Waals surface area (Å²) in [5, 5.41) is 18.2. The quantitative estimate of drug-likeness (QED) is 0.485. The van der Waals surface area contributed by atoms with Crippen LogP contribution in [-0.4, -0.2) is 26.7 Å². The molecule has 0 radical (unpaired) electrons. The average molecular weight is 358 g/mol. The first-order valence-corrected chi connectivity index (χ1v) is 8.84. The summed E-state index contributed by atoms with van der Waals surface area (Å²) in [5.41, 5.74) is 0.214. The summed E-state index contributed by atoms with van der Waals surface area (Å²) in [6.45, 7) is -0.0123. The lowest BCUT2D eigenvalue weighted by atomic mass is 10.1. The van der Waals surface area contributed by atoms with E-state index >= 15 is 0 Å². The monoisotopic (exact) mass is 358 g/mol. The zero-order valence-corrected chi connectivity index (χ0v) is 14.5. The Labute approximate surface area is 151 Å². The Kier molecular flexibility index (Phi) is 5.83. The highest BCUT2D eigenvalue weighted by Gasteiger charge is 2.18. The Balaban J connectivity index is 1.57. The largest absolute Gasteiger partial charge is 0.464 e. The van der Waals surface area contributed by atoms with E-state index in [1.807, 2.05) is 0 Å². The molecule has 1 aliphatic rings. The smallest absolute Gasteiger partial charge is 0.311 e. The van der Waals surface area contributed by atoms with E-state index in [9.17, 15) is 14.9 Å². The van der Waals surface area contributed by atoms with Crippen molar-refractivity contribution in [2.24, 2.45) is 0 Å². The van der Waals surface area contributed by atoms with Gasteiger partial charge in [0.15, 0.2) is 12.5 Å². The molecule has 2 aromatic rings. The van der Waals surface area contributed by atoms with Crippen molar-refractivity contribution in [2.75, 3.05) is 0 Å². The Morgan fingerprint density at radius 2 is 1.96 bits per heavy atom. The number of nitro benzene ring substituents is 1. The number of carbonyl (C=O) groups excluding carboxylic acids is 1. The van der Waals surface area contributed by atoms with Crippen LogP contribution in [0, 0.1) is 10.1 Å². The van der Waals surface area contributed by atoms with Crippen molar-refractivity contribution in [3.8, 4) is 5.75 Å². The molecule has 3 rings (SSSR count). The molecule has 1 aromatic heterocycles. The number of nitro groups is 1. The van der Waals surface area contributed by atoms with E-state index in [1.54, 1.807) is 24.4 Å². The predicted octanol–water partition coefficient (Wildman–Crippen LogP) is 3.28. The third kappa shape index (κ3) is 4.59. The number of para-hydroxylation sites is 2. The maximum atomic E-state index is 12.3. The van der Waals surface area contributed by atoms with Crippen LogP contribution in [0.4, 0.5) is 5.69 Å². The number of nitrogens with zero attached hydrogens (tertiary/aromatic N) is 3. The third-order valence-electron chi connectivity index (χ3n) is 4.48. The molecule has 8 nitrogen and oxygen atoms in total. The lowest BCUT2D eigenvalue weighted by Crippen LogP contribution is -2.34. The molecule has 0 unspecified atom stereocenters. The first kappa shape index (κ1) is 17.9. The number of hydrogen-bond acceptors (Lipinski definition) is 5. The minimum atomic E-state index is -0.496. The second-order valence-electron chi connectivity index (χ2n) is 6.40. The Hall–Kier alpha value is -2.90. The fraction of sp³-hybridized carbons (Fsp3) is 0.444. The van der Waals surface area contributed by atoms with Gasteiger partial charge < -0.3 is 10.1 Å². The fourth-order valence-corrected chi connectivity index (χ4v) is 3.10. The highest BCUT2D eigenvalue weighted by Crippen LogP contribution is 2.26. The Morgan fingerprint density at radius 1 is 1.23 bits per heavy atom. The lowest BCUT2D eigenvalue weighted by molar-refractivity contribution is -0.386. The van der Waals surface area contributed by atoms with Gasteiger partial charge in [0.1, 0.15) is 5.69 Å². The summed E-state index contributed by atoms with van der Waals surface area (Å²) < 4.78 is 6.91. The topological polar surface area (TPSA) is 99.3 Å². The predicted molar refractivity (Wildman–Crippen MR) is 94.9 cm³/mol. The molecule has 1 aromatic carbocycles. The van der Waals surface area contributed by atoms with E-state index in [2.05, 4.69) is 10.4 Å². The number of aromatic nitrogens is 2. The molecule has 138 valence electrons. The molecule has 1 aliphatic carbocycles. The van der Waals surface area contributed by atoms with Crippen LogP contribution in [0.15, 0.2) is 36.5 Å². The number of ether oxygens (including phenoxy) is 1. The highest BCUT2D eigenvalue weighted by molar-refractivity contribution is 5.92. The molecule has 1 N–H and O–H groups in total. The van der Waals surface area contributed by atoms with Gasteiger partial charge in [-0.25, -0.2) is 4.68 Å². The molecule has 0 aliphatic heterocycles. The van der Waals surface area contributed by atoms with E-state index < -0.39 is 4.92 Å². The van der Waals surface area contributed by atoms with Crippen LogP contribution >= 0.6 is 0 Å². The SMILES string of the molecule is O=C(NC1CCCCCC1)c1ccn(COc2ccccc2[N+](=O)[O-])n1. The maximum Gasteiger partial charge on any atom is 0.311 e. The summed E-state index contributed by atoms with van der Waals surface area (Å²) in [5.74, 6) is -0.0289. The van der Waals surface area contributed by atoms with Gasteiger partial charge in [0.05, 0.1) is 4.92 Å². The molecule has 1 amide bonds. The van der Waals surface area contributed by atoms with Crippen LogP contribution < -0.4 is 10.1 Å². The normalized spacial score (nSPS) is 15.2. The number of hydrogen-bond donors (Lipinski definition) is 1. The second-order valence-corrected chi connectivity index (χ2v) is 6.40. The molecule has 1 saturated carbocycles. The van der Waals surface area contributed by atoms with Crippen molar-refractivity contribution < 1.29 is 14.5 Å². The average Bonchev–Trinajstić information content (AvgIpc) is 2.97. The fourth-order valence-electron chi connectivity index (χ4n) is 3.10. The number of rotatable bonds is 6. The molecule has 1 fully saturated rings. The van der Waals surface area contributed by atoms with Crippen LogP contribution in [0.1, 0.15) is 49.0 Å². The highest BCUT2D eigenvalue weighted by atomic mass is 16.6. The molecule has 0 bridgehead atoms. The van der Waals surface area contributed by atoms with E-state index in [-0.39, 0.29) is 30.1 Å². The van der Waals surface area contributed by atoms with Crippen molar-refractivity contribution in [1.29, 1.82) is 0 Å². The van der Waals surface area contributed by atoms with Crippen molar-refractivity contribution in [1.82, 2.24) is 15.1 Å². The lowest BCUT2D eigenvalue weighted by Gasteiger charge is -2.15. The first-order chi connectivity index (χ1) is 12.6. The van der Waals surface area contributed by atoms with E-state index in [1.165, 1.54) is 29.7 Å². The zero-order valence-electron chi connectivity index (χ0n) is 14.5. The number of nitrogens with one attached hydrogen (secondary N) is 1. The van der Waals surface area contributed by atoms with E-state index in [0.717, 1.165) is 25.7 Å². The van der Waals surface area contributed by atoms with E-state index in [0.29, 0.717) is 5.69 Å². The molecule has 0 atom stereocenters. The maximum absolute atomic E-state index is 12.3. The summed E-state index contributed by atoms with van der Waals surface area (Å²) in [6.07, 6.45) is 8.37. The number of amides is 1. The van der Waals surface area contributed by atoms with Gasteiger partial charge in [-0.2, -0.15) is 5.10 Å². The van der Waals surface area contributed by atoms with Crippen molar-refractivity contribution in [2.45, 2.75) is 51.3 Å². The molecule has 1 heterocycles. The van der Waals surface area contributed by atoms with Crippen LogP contribution in [-0.2, 0) is 6.73 Å². The van der Waals surface area contributed by atoms with Gasteiger partial charge in [0.25, 0.3) is 5.91 Å². The van der Waals surface area contributed by atoms with Crippen LogP contribution in [0.2, 0.25) is 0 Å². The minimum Gasteiger partial charge on any atom is -0.464 e. The molecule has 0 saturated heterocycles. The molecule has 8 heteroatoms. The summed E-state index contributed by atoms with van der Waals surface area (Å²) in [4.78, 5) is 22.8. The van der Waals surface area contributed by atoms with Crippen LogP contribution in [0.5, 0.6) is 5.75 Å². The number of benzene rings is 1. The van der Waals surface area contributed by atoms with E-state index in [4.69, 9.17) is 4.74 Å². The standard InChI is InChI=1S/C18H22N4O4/c23-18(19-14-7-3-1-2-4-8-14)15-11-12-21(20-15)13-26-17-10-6-5-9-16(17)22(24)25/h5-6,9-12,14H,1-4,7-8,13H2,(H,19,23). The van der Waals surface area contributed by atoms with Gasteiger partial charge in [0, 0.05) is 18.3 Å². The molecular formula is C18H22N4O4. The molecule has 26 heavy (non-hydrogen) atoms.